The van der Waals surface area contributed by atoms with E-state index in [0.29, 0.717) is 6.04 Å². The van der Waals surface area contributed by atoms with E-state index in [-0.39, 0.29) is 0 Å². The van der Waals surface area contributed by atoms with Gasteiger partial charge in [-0.3, -0.25) is 4.98 Å². The molecule has 1 aliphatic heterocycles. The van der Waals surface area contributed by atoms with Gasteiger partial charge in [0, 0.05) is 24.5 Å². The summed E-state index contributed by atoms with van der Waals surface area (Å²) in [5.41, 5.74) is 6.48. The second kappa shape index (κ2) is 8.11. The quantitative estimate of drug-likeness (QED) is 0.697. The fourth-order valence-electron chi connectivity index (χ4n) is 3.61. The van der Waals surface area contributed by atoms with Crippen LogP contribution in [0.1, 0.15) is 24.1 Å². The maximum absolute atomic E-state index is 4.58. The molecule has 0 bridgehead atoms. The van der Waals surface area contributed by atoms with Crippen molar-refractivity contribution in [2.24, 2.45) is 0 Å². The Balaban J connectivity index is 1.40. The Kier molecular flexibility index (Phi) is 5.22. The molecular weight excluding hydrogens is 316 g/mol. The largest absolute Gasteiger partial charge is 0.310 e. The lowest BCUT2D eigenvalue weighted by molar-refractivity contribution is 0.499. The van der Waals surface area contributed by atoms with Gasteiger partial charge in [0.2, 0.25) is 0 Å². The third-order valence-electron chi connectivity index (χ3n) is 5.04. The molecule has 4 rings (SSSR count). The number of pyridine rings is 1. The van der Waals surface area contributed by atoms with E-state index in [4.69, 9.17) is 0 Å². The van der Waals surface area contributed by atoms with E-state index in [1.165, 1.54) is 28.0 Å². The van der Waals surface area contributed by atoms with Crippen molar-refractivity contribution in [2.45, 2.75) is 25.3 Å². The first kappa shape index (κ1) is 16.7. The summed E-state index contributed by atoms with van der Waals surface area (Å²) in [6.45, 7) is 0.951. The van der Waals surface area contributed by atoms with E-state index in [1.807, 2.05) is 6.20 Å². The van der Waals surface area contributed by atoms with Crippen LogP contribution in [-0.2, 0) is 6.42 Å². The van der Waals surface area contributed by atoms with E-state index in [0.717, 1.165) is 25.8 Å². The van der Waals surface area contributed by atoms with Crippen LogP contribution in [0.25, 0.3) is 16.7 Å². The lowest BCUT2D eigenvalue weighted by Crippen LogP contribution is -2.33. The van der Waals surface area contributed by atoms with Gasteiger partial charge in [-0.2, -0.15) is 0 Å². The molecule has 130 valence electrons. The minimum Gasteiger partial charge on any atom is -0.310 e. The Morgan fingerprint density at radius 2 is 1.58 bits per heavy atom. The Bertz CT molecular complexity index is 869. The standard InChI is InChI=1S/C24H24N2/c1-3-7-19(8-4-1)21-13-15-25-23(17-21)11-12-24-18-22(14-16-26-24)20-9-5-2-6-10-20/h1-10,13-15,17,24,26H,11-12,16,18H2. The van der Waals surface area contributed by atoms with E-state index < -0.39 is 0 Å². The summed E-state index contributed by atoms with van der Waals surface area (Å²) < 4.78 is 0. The highest BCUT2D eigenvalue weighted by molar-refractivity contribution is 5.67. The molecule has 0 amide bonds. The molecule has 2 nitrogen and oxygen atoms in total. The molecule has 0 saturated carbocycles. The zero-order chi connectivity index (χ0) is 17.6. The Hall–Kier alpha value is -2.71. The molecule has 2 heteroatoms. The molecule has 3 aromatic rings. The van der Waals surface area contributed by atoms with Gasteiger partial charge in [-0.15, -0.1) is 0 Å². The average Bonchev–Trinajstić information content (AvgIpc) is 2.74. The van der Waals surface area contributed by atoms with E-state index in [1.54, 1.807) is 0 Å². The topological polar surface area (TPSA) is 24.9 Å². The van der Waals surface area contributed by atoms with Crippen LogP contribution in [-0.4, -0.2) is 17.6 Å². The van der Waals surface area contributed by atoms with Crippen molar-refractivity contribution < 1.29 is 0 Å². The molecule has 2 aromatic carbocycles. The summed E-state index contributed by atoms with van der Waals surface area (Å²) >= 11 is 0. The van der Waals surface area contributed by atoms with Gasteiger partial charge in [-0.05, 0) is 53.7 Å². The Morgan fingerprint density at radius 3 is 2.35 bits per heavy atom. The molecule has 0 spiro atoms. The number of aromatic nitrogens is 1. The first-order valence-electron chi connectivity index (χ1n) is 9.37. The number of nitrogens with one attached hydrogen (secondary N) is 1. The molecule has 0 aliphatic carbocycles. The van der Waals surface area contributed by atoms with Crippen LogP contribution in [0.3, 0.4) is 0 Å². The summed E-state index contributed by atoms with van der Waals surface area (Å²) in [5.74, 6) is 0. The van der Waals surface area contributed by atoms with Gasteiger partial charge in [0.15, 0.2) is 0 Å². The highest BCUT2D eigenvalue weighted by atomic mass is 14.9. The van der Waals surface area contributed by atoms with Crippen LogP contribution in [0.15, 0.2) is 85.1 Å². The fraction of sp³-hybridized carbons (Fsp3) is 0.208. The van der Waals surface area contributed by atoms with E-state index in [9.17, 15) is 0 Å². The maximum atomic E-state index is 4.58. The van der Waals surface area contributed by atoms with Crippen LogP contribution in [0.2, 0.25) is 0 Å². The maximum Gasteiger partial charge on any atom is 0.0410 e. The van der Waals surface area contributed by atoms with E-state index >= 15 is 0 Å². The molecule has 1 N–H and O–H groups in total. The lowest BCUT2D eigenvalue weighted by Gasteiger charge is -2.24. The molecule has 1 aliphatic rings. The van der Waals surface area contributed by atoms with Gasteiger partial charge in [0.1, 0.15) is 0 Å². The van der Waals surface area contributed by atoms with Crippen molar-refractivity contribution >= 4 is 5.57 Å². The molecule has 0 saturated heterocycles. The number of rotatable bonds is 5. The zero-order valence-corrected chi connectivity index (χ0v) is 14.9. The molecule has 1 aromatic heterocycles. The van der Waals surface area contributed by atoms with Gasteiger partial charge >= 0.3 is 0 Å². The number of benzene rings is 2. The summed E-state index contributed by atoms with van der Waals surface area (Å²) in [5, 5.41) is 3.63. The zero-order valence-electron chi connectivity index (χ0n) is 14.9. The monoisotopic (exact) mass is 340 g/mol. The number of aryl methyl sites for hydroxylation is 1. The number of hydrogen-bond donors (Lipinski definition) is 1. The van der Waals surface area contributed by atoms with Gasteiger partial charge in [-0.25, -0.2) is 0 Å². The first-order valence-corrected chi connectivity index (χ1v) is 9.37. The highest BCUT2D eigenvalue weighted by Crippen LogP contribution is 2.25. The van der Waals surface area contributed by atoms with Crippen LogP contribution in [0.5, 0.6) is 0 Å². The second-order valence-corrected chi connectivity index (χ2v) is 6.85. The second-order valence-electron chi connectivity index (χ2n) is 6.85. The third kappa shape index (κ3) is 4.09. The molecule has 2 heterocycles. The van der Waals surface area contributed by atoms with Gasteiger partial charge in [-0.1, -0.05) is 66.7 Å². The summed E-state index contributed by atoms with van der Waals surface area (Å²) in [7, 11) is 0. The molecular formula is C24H24N2. The average molecular weight is 340 g/mol. The van der Waals surface area contributed by atoms with Crippen molar-refractivity contribution in [2.75, 3.05) is 6.54 Å². The molecule has 1 unspecified atom stereocenters. The van der Waals surface area contributed by atoms with Crippen molar-refractivity contribution in [3.05, 3.63) is 96.3 Å². The Labute approximate surface area is 155 Å². The lowest BCUT2D eigenvalue weighted by atomic mass is 9.92. The molecule has 26 heavy (non-hydrogen) atoms. The van der Waals surface area contributed by atoms with Crippen LogP contribution < -0.4 is 5.32 Å². The van der Waals surface area contributed by atoms with Gasteiger partial charge in [0.25, 0.3) is 0 Å². The van der Waals surface area contributed by atoms with Gasteiger partial charge in [0.05, 0.1) is 0 Å². The van der Waals surface area contributed by atoms with Crippen LogP contribution in [0.4, 0.5) is 0 Å². The van der Waals surface area contributed by atoms with Crippen molar-refractivity contribution in [3.63, 3.8) is 0 Å². The van der Waals surface area contributed by atoms with Crippen LogP contribution >= 0.6 is 0 Å². The predicted octanol–water partition coefficient (Wildman–Crippen LogP) is 5.13. The SMILES string of the molecule is C1=C(c2ccccc2)CC(CCc2cc(-c3ccccc3)ccn2)NC1. The van der Waals surface area contributed by atoms with Crippen molar-refractivity contribution in [1.29, 1.82) is 0 Å². The molecule has 1 atom stereocenters. The normalized spacial score (nSPS) is 16.9. The van der Waals surface area contributed by atoms with Crippen LogP contribution in [0, 0.1) is 0 Å². The summed E-state index contributed by atoms with van der Waals surface area (Å²) in [4.78, 5) is 4.58. The fourth-order valence-corrected chi connectivity index (χ4v) is 3.61. The minimum absolute atomic E-state index is 0.511. The molecule has 0 fully saturated rings. The number of nitrogens with zero attached hydrogens (tertiary/aromatic N) is 1. The van der Waals surface area contributed by atoms with Crippen molar-refractivity contribution in [3.8, 4) is 11.1 Å². The number of hydrogen-bond acceptors (Lipinski definition) is 2. The highest BCUT2D eigenvalue weighted by Gasteiger charge is 2.16. The van der Waals surface area contributed by atoms with E-state index in [2.05, 4.69) is 89.2 Å². The summed E-state index contributed by atoms with van der Waals surface area (Å²) in [6, 6.07) is 26.1. The molecule has 0 radical (unpaired) electrons. The smallest absolute Gasteiger partial charge is 0.0410 e. The first-order chi connectivity index (χ1) is 12.9. The van der Waals surface area contributed by atoms with Gasteiger partial charge < -0.3 is 5.32 Å². The Morgan fingerprint density at radius 1 is 0.846 bits per heavy atom. The predicted molar refractivity (Wildman–Crippen MR) is 109 cm³/mol. The van der Waals surface area contributed by atoms with Crippen molar-refractivity contribution in [1.82, 2.24) is 10.3 Å². The third-order valence-corrected chi connectivity index (χ3v) is 5.04. The minimum atomic E-state index is 0.511. The summed E-state index contributed by atoms with van der Waals surface area (Å²) in [6.07, 6.45) is 7.44.